The van der Waals surface area contributed by atoms with Crippen molar-refractivity contribution in [1.82, 2.24) is 5.32 Å². The lowest BCUT2D eigenvalue weighted by Gasteiger charge is -2.18. The Morgan fingerprint density at radius 2 is 2.06 bits per heavy atom. The zero-order valence-electron chi connectivity index (χ0n) is 10.2. The van der Waals surface area contributed by atoms with E-state index in [1.54, 1.807) is 18.2 Å². The molecule has 1 aromatic rings. The van der Waals surface area contributed by atoms with Crippen molar-refractivity contribution in [3.05, 3.63) is 33.8 Å². The Morgan fingerprint density at radius 3 is 2.56 bits per heavy atom. The van der Waals surface area contributed by atoms with E-state index in [1.165, 1.54) is 0 Å². The van der Waals surface area contributed by atoms with Crippen LogP contribution < -0.4 is 11.1 Å². The summed E-state index contributed by atoms with van der Waals surface area (Å²) in [6, 6.07) is 4.52. The summed E-state index contributed by atoms with van der Waals surface area (Å²) < 4.78 is 0. The molecule has 3 N–H and O–H groups in total. The summed E-state index contributed by atoms with van der Waals surface area (Å²) in [6.45, 7) is 3.72. The number of halogens is 3. The SMILES string of the molecule is CC[C@H](N)C(=O)NC(C)c1ccc(Cl)cc1Cl.Cl. The molecule has 0 aliphatic carbocycles. The van der Waals surface area contributed by atoms with Crippen LogP contribution in [0.2, 0.25) is 10.0 Å². The second-order valence-electron chi connectivity index (χ2n) is 3.91. The van der Waals surface area contributed by atoms with Gasteiger partial charge in [0.05, 0.1) is 12.1 Å². The van der Waals surface area contributed by atoms with E-state index in [1.807, 2.05) is 13.8 Å². The van der Waals surface area contributed by atoms with Gasteiger partial charge in [0, 0.05) is 10.0 Å². The highest BCUT2D eigenvalue weighted by atomic mass is 35.5. The van der Waals surface area contributed by atoms with Gasteiger partial charge in [-0.25, -0.2) is 0 Å². The Morgan fingerprint density at radius 1 is 1.44 bits per heavy atom. The lowest BCUT2D eigenvalue weighted by Crippen LogP contribution is -2.41. The number of hydrogen-bond acceptors (Lipinski definition) is 2. The second-order valence-corrected chi connectivity index (χ2v) is 4.75. The largest absolute Gasteiger partial charge is 0.348 e. The van der Waals surface area contributed by atoms with Crippen LogP contribution in [0.1, 0.15) is 31.9 Å². The first kappa shape index (κ1) is 17.5. The molecule has 0 aliphatic heterocycles. The van der Waals surface area contributed by atoms with E-state index >= 15 is 0 Å². The van der Waals surface area contributed by atoms with Gasteiger partial charge in [-0.15, -0.1) is 12.4 Å². The number of carbonyl (C=O) groups excluding carboxylic acids is 1. The normalized spacial score (nSPS) is 13.4. The third-order valence-corrected chi connectivity index (χ3v) is 3.13. The van der Waals surface area contributed by atoms with E-state index < -0.39 is 6.04 Å². The van der Waals surface area contributed by atoms with E-state index in [0.717, 1.165) is 5.56 Å². The monoisotopic (exact) mass is 310 g/mol. The smallest absolute Gasteiger partial charge is 0.237 e. The molecular formula is C12H17Cl3N2O. The van der Waals surface area contributed by atoms with Crippen molar-refractivity contribution in [3.63, 3.8) is 0 Å². The average molecular weight is 312 g/mol. The maximum Gasteiger partial charge on any atom is 0.237 e. The van der Waals surface area contributed by atoms with Crippen LogP contribution in [0.3, 0.4) is 0 Å². The Hall–Kier alpha value is -0.480. The molecule has 0 saturated heterocycles. The van der Waals surface area contributed by atoms with Crippen LogP contribution in [-0.2, 0) is 4.79 Å². The highest BCUT2D eigenvalue weighted by Gasteiger charge is 2.16. The van der Waals surface area contributed by atoms with Gasteiger partial charge in [-0.2, -0.15) is 0 Å². The van der Waals surface area contributed by atoms with Gasteiger partial charge in [-0.05, 0) is 31.0 Å². The van der Waals surface area contributed by atoms with Crippen LogP contribution in [0.5, 0.6) is 0 Å². The van der Waals surface area contributed by atoms with Crippen molar-refractivity contribution in [2.45, 2.75) is 32.4 Å². The molecule has 0 aliphatic rings. The molecular weight excluding hydrogens is 295 g/mol. The van der Waals surface area contributed by atoms with Crippen LogP contribution in [0, 0.1) is 0 Å². The molecule has 102 valence electrons. The van der Waals surface area contributed by atoms with Gasteiger partial charge < -0.3 is 11.1 Å². The van der Waals surface area contributed by atoms with Crippen LogP contribution in [0.25, 0.3) is 0 Å². The van der Waals surface area contributed by atoms with Crippen molar-refractivity contribution >= 4 is 41.5 Å². The molecule has 1 aromatic carbocycles. The minimum Gasteiger partial charge on any atom is -0.348 e. The molecule has 0 saturated carbocycles. The van der Waals surface area contributed by atoms with Gasteiger partial charge >= 0.3 is 0 Å². The van der Waals surface area contributed by atoms with Gasteiger partial charge in [-0.1, -0.05) is 36.2 Å². The van der Waals surface area contributed by atoms with Crippen LogP contribution >= 0.6 is 35.6 Å². The molecule has 0 bridgehead atoms. The number of nitrogens with two attached hydrogens (primary N) is 1. The number of benzene rings is 1. The molecule has 1 amide bonds. The fraction of sp³-hybridized carbons (Fsp3) is 0.417. The second kappa shape index (κ2) is 7.85. The Kier molecular flexibility index (Phi) is 7.64. The molecule has 6 heteroatoms. The number of nitrogens with one attached hydrogen (secondary N) is 1. The van der Waals surface area contributed by atoms with Crippen molar-refractivity contribution in [2.24, 2.45) is 5.73 Å². The van der Waals surface area contributed by atoms with Crippen LogP contribution in [-0.4, -0.2) is 11.9 Å². The van der Waals surface area contributed by atoms with E-state index in [-0.39, 0.29) is 24.4 Å². The summed E-state index contributed by atoms with van der Waals surface area (Å²) in [6.07, 6.45) is 0.604. The highest BCUT2D eigenvalue weighted by molar-refractivity contribution is 6.35. The lowest BCUT2D eigenvalue weighted by atomic mass is 10.1. The van der Waals surface area contributed by atoms with Crippen molar-refractivity contribution in [2.75, 3.05) is 0 Å². The number of hydrogen-bond donors (Lipinski definition) is 2. The topological polar surface area (TPSA) is 55.1 Å². The standard InChI is InChI=1S/C12H16Cl2N2O.ClH/c1-3-11(15)12(17)16-7(2)9-5-4-8(13)6-10(9)14;/h4-7,11H,3,15H2,1-2H3,(H,16,17);1H/t7?,11-;/m0./s1. The van der Waals surface area contributed by atoms with Crippen LogP contribution in [0.15, 0.2) is 18.2 Å². The van der Waals surface area contributed by atoms with E-state index in [2.05, 4.69) is 5.32 Å². The molecule has 0 spiro atoms. The zero-order valence-corrected chi connectivity index (χ0v) is 12.6. The summed E-state index contributed by atoms with van der Waals surface area (Å²) in [5, 5.41) is 3.92. The summed E-state index contributed by atoms with van der Waals surface area (Å²) in [4.78, 5) is 11.6. The first-order valence-corrected chi connectivity index (χ1v) is 6.22. The number of rotatable bonds is 4. The summed E-state index contributed by atoms with van der Waals surface area (Å²) in [7, 11) is 0. The van der Waals surface area contributed by atoms with E-state index in [0.29, 0.717) is 16.5 Å². The predicted molar refractivity (Wildman–Crippen MR) is 78.5 cm³/mol. The molecule has 0 aromatic heterocycles. The third-order valence-electron chi connectivity index (χ3n) is 2.56. The van der Waals surface area contributed by atoms with Crippen molar-refractivity contribution in [1.29, 1.82) is 0 Å². The molecule has 18 heavy (non-hydrogen) atoms. The Balaban J connectivity index is 0.00000289. The van der Waals surface area contributed by atoms with Gasteiger partial charge in [-0.3, -0.25) is 4.79 Å². The third kappa shape index (κ3) is 4.65. The minimum absolute atomic E-state index is 0. The summed E-state index contributed by atoms with van der Waals surface area (Å²) in [5.74, 6) is -0.175. The lowest BCUT2D eigenvalue weighted by molar-refractivity contribution is -0.123. The molecule has 1 rings (SSSR count). The van der Waals surface area contributed by atoms with Gasteiger partial charge in [0.1, 0.15) is 0 Å². The molecule has 3 nitrogen and oxygen atoms in total. The predicted octanol–water partition coefficient (Wildman–Crippen LogP) is 3.33. The maximum atomic E-state index is 11.6. The molecule has 0 radical (unpaired) electrons. The number of carbonyl (C=O) groups is 1. The van der Waals surface area contributed by atoms with E-state index in [4.69, 9.17) is 28.9 Å². The average Bonchev–Trinajstić information content (AvgIpc) is 2.27. The van der Waals surface area contributed by atoms with E-state index in [9.17, 15) is 4.79 Å². The molecule has 1 unspecified atom stereocenters. The quantitative estimate of drug-likeness (QED) is 0.896. The molecule has 0 heterocycles. The van der Waals surface area contributed by atoms with Crippen LogP contribution in [0.4, 0.5) is 0 Å². The number of amides is 1. The highest BCUT2D eigenvalue weighted by Crippen LogP contribution is 2.26. The van der Waals surface area contributed by atoms with Gasteiger partial charge in [0.15, 0.2) is 0 Å². The molecule has 2 atom stereocenters. The first-order chi connectivity index (χ1) is 7.95. The first-order valence-electron chi connectivity index (χ1n) is 5.46. The molecule has 0 fully saturated rings. The Labute approximate surface area is 123 Å². The van der Waals surface area contributed by atoms with Gasteiger partial charge in [0.25, 0.3) is 0 Å². The van der Waals surface area contributed by atoms with Crippen molar-refractivity contribution in [3.8, 4) is 0 Å². The maximum absolute atomic E-state index is 11.6. The summed E-state index contributed by atoms with van der Waals surface area (Å²) >= 11 is 11.9. The van der Waals surface area contributed by atoms with Gasteiger partial charge in [0.2, 0.25) is 5.91 Å². The fourth-order valence-corrected chi connectivity index (χ4v) is 2.01. The van der Waals surface area contributed by atoms with Crippen molar-refractivity contribution < 1.29 is 4.79 Å². The summed E-state index contributed by atoms with van der Waals surface area (Å²) in [5.41, 5.74) is 6.47. The zero-order chi connectivity index (χ0) is 13.0. The Bertz CT molecular complexity index is 412. The fourth-order valence-electron chi connectivity index (χ4n) is 1.44. The minimum atomic E-state index is -0.483.